The van der Waals surface area contributed by atoms with Gasteiger partial charge >= 0.3 is 0 Å². The summed E-state index contributed by atoms with van der Waals surface area (Å²) in [5, 5.41) is 8.06. The van der Waals surface area contributed by atoms with Crippen LogP contribution in [0.25, 0.3) is 0 Å². The highest BCUT2D eigenvalue weighted by atomic mass is 16.5. The zero-order chi connectivity index (χ0) is 5.70. The molecule has 4 heteroatoms. The highest BCUT2D eigenvalue weighted by Gasteiger charge is 1.93. The van der Waals surface area contributed by atoms with Crippen molar-refractivity contribution in [2.45, 2.75) is 6.23 Å². The number of ether oxygens (including phenoxy) is 1. The Kier molecular flexibility index (Phi) is 3.26. The van der Waals surface area contributed by atoms with Gasteiger partial charge < -0.3 is 9.84 Å². The van der Waals surface area contributed by atoms with Gasteiger partial charge in [-0.1, -0.05) is 0 Å². The lowest BCUT2D eigenvalue weighted by atomic mass is 10.6. The minimum absolute atomic E-state index is 0.195. The average Bonchev–Trinajstić information content (AvgIpc) is 1.68. The van der Waals surface area contributed by atoms with Gasteiger partial charge in [0.2, 0.25) is 0 Å². The fraction of sp³-hybridized carbons (Fsp3) is 0.667. The highest BCUT2D eigenvalue weighted by molar-refractivity contribution is 5.37. The average molecular weight is 105 g/mol. The van der Waals surface area contributed by atoms with E-state index in [0.29, 0.717) is 0 Å². The van der Waals surface area contributed by atoms with E-state index in [1.54, 1.807) is 0 Å². The van der Waals surface area contributed by atoms with Gasteiger partial charge in [-0.2, -0.15) is 0 Å². The van der Waals surface area contributed by atoms with E-state index in [9.17, 15) is 4.79 Å². The Morgan fingerprint density at radius 1 is 2.00 bits per heavy atom. The molecule has 0 spiro atoms. The van der Waals surface area contributed by atoms with E-state index in [1.165, 1.54) is 0 Å². The van der Waals surface area contributed by atoms with Crippen molar-refractivity contribution in [2.24, 2.45) is 5.73 Å². The molecule has 0 rings (SSSR count). The summed E-state index contributed by atoms with van der Waals surface area (Å²) in [6.07, 6.45) is -0.863. The summed E-state index contributed by atoms with van der Waals surface area (Å²) in [6, 6.07) is 0. The van der Waals surface area contributed by atoms with Crippen LogP contribution in [0.1, 0.15) is 0 Å². The molecule has 0 unspecified atom stereocenters. The fourth-order valence-corrected chi connectivity index (χ4v) is 0.114. The predicted octanol–water partition coefficient (Wildman–Crippen LogP) is -1.56. The number of rotatable bonds is 3. The van der Waals surface area contributed by atoms with Crippen molar-refractivity contribution in [3.63, 3.8) is 0 Å². The third-order valence-electron chi connectivity index (χ3n) is 0.410. The first-order chi connectivity index (χ1) is 3.31. The van der Waals surface area contributed by atoms with Gasteiger partial charge in [0.25, 0.3) is 6.47 Å². The summed E-state index contributed by atoms with van der Waals surface area (Å²) >= 11 is 0. The molecule has 0 aromatic heterocycles. The number of aliphatic hydroxyl groups is 1. The molecular formula is C3H7NO3. The van der Waals surface area contributed by atoms with Crippen LogP contribution in [0.5, 0.6) is 0 Å². The fourth-order valence-electron chi connectivity index (χ4n) is 0.114. The lowest BCUT2D eigenvalue weighted by Gasteiger charge is -2.01. The van der Waals surface area contributed by atoms with E-state index in [-0.39, 0.29) is 13.1 Å². The second kappa shape index (κ2) is 3.58. The summed E-state index contributed by atoms with van der Waals surface area (Å²) in [4.78, 5) is 9.36. The van der Waals surface area contributed by atoms with Crippen LogP contribution in [0.15, 0.2) is 0 Å². The van der Waals surface area contributed by atoms with Gasteiger partial charge in [0.1, 0.15) is 0 Å². The molecule has 0 aromatic rings. The summed E-state index contributed by atoms with van der Waals surface area (Å²) in [5.74, 6) is 0. The van der Waals surface area contributed by atoms with Crippen LogP contribution >= 0.6 is 0 Å². The topological polar surface area (TPSA) is 72.6 Å². The number of nitrogens with two attached hydrogens (primary N) is 1. The molecule has 0 aliphatic carbocycles. The number of carbonyl (C=O) groups is 1. The Morgan fingerprint density at radius 2 is 2.57 bits per heavy atom. The van der Waals surface area contributed by atoms with Gasteiger partial charge in [-0.25, -0.2) is 0 Å². The van der Waals surface area contributed by atoms with E-state index >= 15 is 0 Å². The zero-order valence-electron chi connectivity index (χ0n) is 3.70. The maximum atomic E-state index is 9.36. The molecule has 0 aliphatic heterocycles. The molecule has 0 radical (unpaired) electrons. The smallest absolute Gasteiger partial charge is 0.294 e. The van der Waals surface area contributed by atoms with Gasteiger partial charge in [0, 0.05) is 0 Å². The number of carbonyl (C=O) groups excluding carboxylic acids is 1. The Hall–Kier alpha value is -0.610. The minimum Gasteiger partial charge on any atom is -0.446 e. The second-order valence-corrected chi connectivity index (χ2v) is 0.953. The third-order valence-corrected chi connectivity index (χ3v) is 0.410. The molecule has 0 saturated heterocycles. The normalized spacial score (nSPS) is 12.9. The van der Waals surface area contributed by atoms with E-state index in [1.807, 2.05) is 0 Å². The van der Waals surface area contributed by atoms with Crippen LogP contribution in [0, 0.1) is 0 Å². The van der Waals surface area contributed by atoms with Gasteiger partial charge in [-0.15, -0.1) is 0 Å². The lowest BCUT2D eigenvalue weighted by Crippen LogP contribution is -2.26. The third kappa shape index (κ3) is 3.21. The van der Waals surface area contributed by atoms with Crippen LogP contribution in [-0.4, -0.2) is 24.4 Å². The largest absolute Gasteiger partial charge is 0.446 e. The second-order valence-electron chi connectivity index (χ2n) is 0.953. The molecular weight excluding hydrogens is 98.0 g/mol. The van der Waals surface area contributed by atoms with Gasteiger partial charge in [-0.3, -0.25) is 10.5 Å². The van der Waals surface area contributed by atoms with Crippen molar-refractivity contribution in [1.29, 1.82) is 0 Å². The van der Waals surface area contributed by atoms with Crippen LogP contribution in [0.2, 0.25) is 0 Å². The number of hydrogen-bond donors (Lipinski definition) is 2. The lowest BCUT2D eigenvalue weighted by molar-refractivity contribution is -0.135. The molecule has 3 N–H and O–H groups in total. The van der Waals surface area contributed by atoms with Crippen molar-refractivity contribution >= 4 is 6.47 Å². The molecule has 0 bridgehead atoms. The van der Waals surface area contributed by atoms with E-state index < -0.39 is 6.23 Å². The van der Waals surface area contributed by atoms with Crippen LogP contribution in [0.3, 0.4) is 0 Å². The maximum Gasteiger partial charge on any atom is 0.294 e. The van der Waals surface area contributed by atoms with Gasteiger partial charge in [0.05, 0.1) is 6.61 Å². The highest BCUT2D eigenvalue weighted by Crippen LogP contribution is 1.71. The van der Waals surface area contributed by atoms with Crippen molar-refractivity contribution in [2.75, 3.05) is 6.61 Å². The first kappa shape index (κ1) is 6.39. The molecule has 1 atom stereocenters. The van der Waals surface area contributed by atoms with Crippen molar-refractivity contribution < 1.29 is 14.6 Å². The summed E-state index contributed by atoms with van der Waals surface area (Å²) in [7, 11) is 0. The number of hydrogen-bond acceptors (Lipinski definition) is 4. The van der Waals surface area contributed by atoms with E-state index in [0.717, 1.165) is 0 Å². The molecule has 4 nitrogen and oxygen atoms in total. The van der Waals surface area contributed by atoms with E-state index in [4.69, 9.17) is 10.8 Å². The summed E-state index contributed by atoms with van der Waals surface area (Å²) in [6.45, 7) is -0.139. The molecule has 0 fully saturated rings. The van der Waals surface area contributed by atoms with Crippen LogP contribution in [-0.2, 0) is 9.53 Å². The summed E-state index contributed by atoms with van der Waals surface area (Å²) < 4.78 is 4.04. The van der Waals surface area contributed by atoms with Gasteiger partial charge in [0.15, 0.2) is 6.23 Å². The predicted molar refractivity (Wildman–Crippen MR) is 22.2 cm³/mol. The maximum absolute atomic E-state index is 9.36. The SMILES string of the molecule is N[C@@H](CO)OC=O. The standard InChI is InChI=1S/C3H7NO3/c4-3(1-5)7-2-6/h2-3,5H,1,4H2/t3-/m1/s1. The molecule has 0 aliphatic rings. The minimum atomic E-state index is -0.863. The quantitative estimate of drug-likeness (QED) is 0.336. The molecule has 0 heterocycles. The van der Waals surface area contributed by atoms with Crippen molar-refractivity contribution in [3.8, 4) is 0 Å². The Bertz CT molecular complexity index is 56.1. The first-order valence-corrected chi connectivity index (χ1v) is 1.76. The number of aliphatic hydroxyl groups excluding tert-OH is 1. The van der Waals surface area contributed by atoms with Gasteiger partial charge in [-0.05, 0) is 0 Å². The Morgan fingerprint density at radius 3 is 2.71 bits per heavy atom. The first-order valence-electron chi connectivity index (χ1n) is 1.76. The van der Waals surface area contributed by atoms with Crippen molar-refractivity contribution in [3.05, 3.63) is 0 Å². The molecule has 0 aromatic carbocycles. The monoisotopic (exact) mass is 105 g/mol. The molecule has 0 amide bonds. The van der Waals surface area contributed by atoms with Crippen LogP contribution < -0.4 is 5.73 Å². The van der Waals surface area contributed by atoms with Crippen molar-refractivity contribution in [1.82, 2.24) is 0 Å². The Balaban J connectivity index is 2.98. The summed E-state index contributed by atoms with van der Waals surface area (Å²) in [5.41, 5.74) is 4.88. The van der Waals surface area contributed by atoms with Crippen LogP contribution in [0.4, 0.5) is 0 Å². The Labute approximate surface area is 40.9 Å². The van der Waals surface area contributed by atoms with E-state index in [2.05, 4.69) is 4.74 Å². The molecule has 7 heavy (non-hydrogen) atoms. The molecule has 0 saturated carbocycles. The zero-order valence-corrected chi connectivity index (χ0v) is 3.70. The molecule has 42 valence electrons.